The molecule has 78 valence electrons. The fourth-order valence-corrected chi connectivity index (χ4v) is 1.70. The van der Waals surface area contributed by atoms with Gasteiger partial charge < -0.3 is 5.32 Å². The molecule has 0 aromatic carbocycles. The first kappa shape index (κ1) is 11.2. The summed E-state index contributed by atoms with van der Waals surface area (Å²) in [5.41, 5.74) is 2.24. The summed E-state index contributed by atoms with van der Waals surface area (Å²) in [5, 5.41) is 3.33. The van der Waals surface area contributed by atoms with Gasteiger partial charge in [-0.3, -0.25) is 4.98 Å². The molecular weight excluding hydrogens is 172 g/mol. The number of nitrogens with one attached hydrogen (secondary N) is 1. The molecule has 0 saturated carbocycles. The largest absolute Gasteiger partial charge is 0.311 e. The summed E-state index contributed by atoms with van der Waals surface area (Å²) >= 11 is 0. The van der Waals surface area contributed by atoms with E-state index in [0.29, 0.717) is 12.0 Å². The van der Waals surface area contributed by atoms with Crippen molar-refractivity contribution in [1.82, 2.24) is 10.3 Å². The summed E-state index contributed by atoms with van der Waals surface area (Å²) in [6.45, 7) is 6.50. The second-order valence-electron chi connectivity index (χ2n) is 3.86. The van der Waals surface area contributed by atoms with Crippen molar-refractivity contribution in [3.8, 4) is 0 Å². The van der Waals surface area contributed by atoms with Crippen molar-refractivity contribution in [2.75, 3.05) is 7.05 Å². The van der Waals surface area contributed by atoms with Crippen molar-refractivity contribution in [1.29, 1.82) is 0 Å². The maximum absolute atomic E-state index is 4.55. The highest BCUT2D eigenvalue weighted by atomic mass is 14.9. The van der Waals surface area contributed by atoms with Crippen molar-refractivity contribution >= 4 is 0 Å². The molecule has 0 aliphatic carbocycles. The van der Waals surface area contributed by atoms with Gasteiger partial charge in [0.1, 0.15) is 0 Å². The monoisotopic (exact) mass is 192 g/mol. The molecule has 0 amide bonds. The van der Waals surface area contributed by atoms with Gasteiger partial charge in [0.25, 0.3) is 0 Å². The standard InChI is InChI=1S/C12H20N2/c1-5-9(2)12(13-4)11-8-6-7-10(3)14-11/h6-9,12-13H,5H2,1-4H3. The lowest BCUT2D eigenvalue weighted by Crippen LogP contribution is -2.24. The Bertz CT molecular complexity index is 283. The molecule has 1 rings (SSSR count). The average molecular weight is 192 g/mol. The van der Waals surface area contributed by atoms with Crippen LogP contribution in [0.1, 0.15) is 37.7 Å². The number of rotatable bonds is 4. The van der Waals surface area contributed by atoms with Gasteiger partial charge in [0.05, 0.1) is 11.7 Å². The van der Waals surface area contributed by atoms with E-state index < -0.39 is 0 Å². The second-order valence-corrected chi connectivity index (χ2v) is 3.86. The minimum Gasteiger partial charge on any atom is -0.311 e. The Kier molecular flexibility index (Phi) is 4.08. The highest BCUT2D eigenvalue weighted by Crippen LogP contribution is 2.22. The third-order valence-corrected chi connectivity index (χ3v) is 2.75. The van der Waals surface area contributed by atoms with Crippen molar-refractivity contribution in [3.63, 3.8) is 0 Å². The first-order valence-electron chi connectivity index (χ1n) is 5.29. The predicted molar refractivity (Wildman–Crippen MR) is 60.2 cm³/mol. The Balaban J connectivity index is 2.89. The molecule has 2 unspecified atom stereocenters. The average Bonchev–Trinajstić information content (AvgIpc) is 2.19. The van der Waals surface area contributed by atoms with Crippen LogP contribution in [0.2, 0.25) is 0 Å². The Hall–Kier alpha value is -0.890. The van der Waals surface area contributed by atoms with Gasteiger partial charge in [0.15, 0.2) is 0 Å². The summed E-state index contributed by atoms with van der Waals surface area (Å²) in [4.78, 5) is 4.55. The summed E-state index contributed by atoms with van der Waals surface area (Å²) in [6, 6.07) is 6.58. The van der Waals surface area contributed by atoms with Crippen LogP contribution in [0.15, 0.2) is 18.2 Å². The van der Waals surface area contributed by atoms with Crippen molar-refractivity contribution in [2.24, 2.45) is 5.92 Å². The van der Waals surface area contributed by atoms with E-state index in [0.717, 1.165) is 11.4 Å². The number of pyridine rings is 1. The lowest BCUT2D eigenvalue weighted by Gasteiger charge is -2.22. The van der Waals surface area contributed by atoms with Crippen molar-refractivity contribution in [2.45, 2.75) is 33.2 Å². The van der Waals surface area contributed by atoms with Gasteiger partial charge in [0, 0.05) is 5.69 Å². The van der Waals surface area contributed by atoms with E-state index >= 15 is 0 Å². The van der Waals surface area contributed by atoms with Crippen molar-refractivity contribution in [3.05, 3.63) is 29.6 Å². The zero-order chi connectivity index (χ0) is 10.6. The van der Waals surface area contributed by atoms with E-state index in [4.69, 9.17) is 0 Å². The zero-order valence-electron chi connectivity index (χ0n) is 9.54. The number of aromatic nitrogens is 1. The molecule has 0 saturated heterocycles. The van der Waals surface area contributed by atoms with Gasteiger partial charge in [-0.25, -0.2) is 0 Å². The number of hydrogen-bond acceptors (Lipinski definition) is 2. The first-order valence-corrected chi connectivity index (χ1v) is 5.29. The quantitative estimate of drug-likeness (QED) is 0.793. The van der Waals surface area contributed by atoms with Crippen LogP contribution in [-0.2, 0) is 0 Å². The molecule has 14 heavy (non-hydrogen) atoms. The summed E-state index contributed by atoms with van der Waals surface area (Å²) in [6.07, 6.45) is 1.17. The van der Waals surface area contributed by atoms with Gasteiger partial charge in [-0.05, 0) is 32.0 Å². The summed E-state index contributed by atoms with van der Waals surface area (Å²) in [7, 11) is 2.00. The summed E-state index contributed by atoms with van der Waals surface area (Å²) in [5.74, 6) is 0.620. The van der Waals surface area contributed by atoms with Crippen LogP contribution in [0.4, 0.5) is 0 Å². The normalized spacial score (nSPS) is 15.1. The molecule has 0 radical (unpaired) electrons. The third-order valence-electron chi connectivity index (χ3n) is 2.75. The summed E-state index contributed by atoms with van der Waals surface area (Å²) < 4.78 is 0. The Morgan fingerprint density at radius 2 is 2.14 bits per heavy atom. The first-order chi connectivity index (χ1) is 6.69. The number of aryl methyl sites for hydroxylation is 1. The third kappa shape index (κ3) is 2.55. The van der Waals surface area contributed by atoms with Crippen LogP contribution >= 0.6 is 0 Å². The van der Waals surface area contributed by atoms with E-state index in [1.54, 1.807) is 0 Å². The van der Waals surface area contributed by atoms with Crippen LogP contribution in [0.25, 0.3) is 0 Å². The van der Waals surface area contributed by atoms with Gasteiger partial charge >= 0.3 is 0 Å². The van der Waals surface area contributed by atoms with Crippen LogP contribution in [0.5, 0.6) is 0 Å². The van der Waals surface area contributed by atoms with E-state index in [-0.39, 0.29) is 0 Å². The number of hydrogen-bond donors (Lipinski definition) is 1. The molecule has 1 heterocycles. The SMILES string of the molecule is CCC(C)C(NC)c1cccc(C)n1. The van der Waals surface area contributed by atoms with Gasteiger partial charge in [-0.1, -0.05) is 26.3 Å². The fraction of sp³-hybridized carbons (Fsp3) is 0.583. The molecule has 2 atom stereocenters. The molecule has 0 fully saturated rings. The van der Waals surface area contributed by atoms with E-state index in [1.165, 1.54) is 6.42 Å². The minimum atomic E-state index is 0.375. The fourth-order valence-electron chi connectivity index (χ4n) is 1.70. The van der Waals surface area contributed by atoms with Gasteiger partial charge in [-0.15, -0.1) is 0 Å². The smallest absolute Gasteiger partial charge is 0.0579 e. The van der Waals surface area contributed by atoms with Crippen LogP contribution in [0.3, 0.4) is 0 Å². The van der Waals surface area contributed by atoms with E-state index in [2.05, 4.69) is 36.3 Å². The molecule has 0 spiro atoms. The topological polar surface area (TPSA) is 24.9 Å². The highest BCUT2D eigenvalue weighted by Gasteiger charge is 2.16. The molecule has 2 nitrogen and oxygen atoms in total. The molecule has 2 heteroatoms. The van der Waals surface area contributed by atoms with E-state index in [1.807, 2.05) is 20.0 Å². The Morgan fingerprint density at radius 3 is 2.64 bits per heavy atom. The maximum Gasteiger partial charge on any atom is 0.0579 e. The van der Waals surface area contributed by atoms with Crippen LogP contribution in [-0.4, -0.2) is 12.0 Å². The lowest BCUT2D eigenvalue weighted by molar-refractivity contribution is 0.392. The molecular formula is C12H20N2. The maximum atomic E-state index is 4.55. The molecule has 1 aromatic rings. The molecule has 1 N–H and O–H groups in total. The molecule has 0 aliphatic rings. The highest BCUT2D eigenvalue weighted by molar-refractivity contribution is 5.14. The van der Waals surface area contributed by atoms with E-state index in [9.17, 15) is 0 Å². The number of nitrogens with zero attached hydrogens (tertiary/aromatic N) is 1. The predicted octanol–water partition coefficient (Wildman–Crippen LogP) is 2.70. The minimum absolute atomic E-state index is 0.375. The van der Waals surface area contributed by atoms with Crippen LogP contribution < -0.4 is 5.32 Å². The molecule has 0 bridgehead atoms. The molecule has 1 aromatic heterocycles. The Labute approximate surface area is 86.8 Å². The van der Waals surface area contributed by atoms with Crippen LogP contribution in [0, 0.1) is 12.8 Å². The molecule has 0 aliphatic heterocycles. The van der Waals surface area contributed by atoms with Crippen molar-refractivity contribution < 1.29 is 0 Å². The Morgan fingerprint density at radius 1 is 1.43 bits per heavy atom. The lowest BCUT2D eigenvalue weighted by atomic mass is 9.96. The van der Waals surface area contributed by atoms with Gasteiger partial charge in [0.2, 0.25) is 0 Å². The second kappa shape index (κ2) is 5.11. The van der Waals surface area contributed by atoms with Gasteiger partial charge in [-0.2, -0.15) is 0 Å². The zero-order valence-corrected chi connectivity index (χ0v) is 9.54.